The minimum Gasteiger partial charge on any atom is -0.497 e. The molecule has 0 radical (unpaired) electrons. The molecule has 4 aromatic heterocycles. The van der Waals surface area contributed by atoms with Crippen molar-refractivity contribution in [2.45, 2.75) is 163 Å². The minimum absolute atomic E-state index is 0.00509. The summed E-state index contributed by atoms with van der Waals surface area (Å²) in [7, 11) is 1.58. The highest BCUT2D eigenvalue weighted by molar-refractivity contribution is 5.96. The lowest BCUT2D eigenvalue weighted by Gasteiger charge is -2.26. The average Bonchev–Trinajstić information content (AvgIpc) is 1.43. The van der Waals surface area contributed by atoms with E-state index in [0.29, 0.717) is 29.2 Å². The summed E-state index contributed by atoms with van der Waals surface area (Å²) in [6.45, 7) is 20.1. The molecular weight excluding hydrogens is 1300 g/mol. The van der Waals surface area contributed by atoms with Crippen LogP contribution in [0.15, 0.2) is 207 Å². The first-order chi connectivity index (χ1) is 50.2. The molecule has 15 rings (SSSR count). The molecule has 4 aliphatic heterocycles. The number of hydrogen-bond acceptors (Lipinski definition) is 15. The zero-order valence-corrected chi connectivity index (χ0v) is 61.4. The Morgan fingerprint density at radius 2 is 1.10 bits per heavy atom. The molecule has 8 bridgehead atoms. The van der Waals surface area contributed by atoms with Gasteiger partial charge in [0.2, 0.25) is 0 Å². The predicted octanol–water partition coefficient (Wildman–Crippen LogP) is 18.7. The number of carbonyl (C=O) groups excluding carboxylic acids is 3. The van der Waals surface area contributed by atoms with Gasteiger partial charge in [-0.05, 0) is 206 Å². The van der Waals surface area contributed by atoms with Crippen molar-refractivity contribution in [3.63, 3.8) is 0 Å². The molecule has 0 saturated carbocycles. The highest BCUT2D eigenvalue weighted by Crippen LogP contribution is 2.35. The van der Waals surface area contributed by atoms with E-state index in [1.165, 1.54) is 48.4 Å². The van der Waals surface area contributed by atoms with E-state index in [9.17, 15) is 14.4 Å². The van der Waals surface area contributed by atoms with Crippen molar-refractivity contribution in [1.29, 1.82) is 0 Å². The van der Waals surface area contributed by atoms with Crippen LogP contribution in [0.3, 0.4) is 0 Å². The summed E-state index contributed by atoms with van der Waals surface area (Å²) < 4.78 is 37.5. The number of benzene rings is 7. The molecule has 11 aromatic rings. The molecule has 17 nitrogen and oxygen atoms in total. The van der Waals surface area contributed by atoms with E-state index in [2.05, 4.69) is 141 Å². The molecule has 0 amide bonds. The SMILES string of the molecule is COc1ccc(COC(=O)c2cc(C(=O)OCc3ccc(-c4cn(C(Cc5ccccc5)C(=O)OC(C)C)nn4)c(C)c3)cc(-n3cc(-c4cc(C(C)(C)C)cc(C(C)(C)C)c4)nn3)c2)cc1.c1cc2nc(c1)-c1cccc(n1)-c1ccc(cc1)OCCCCCCCCOc1ccc(cc1)CCC2. The molecule has 1 atom stereocenters. The molecule has 0 fully saturated rings. The largest absolute Gasteiger partial charge is 0.497 e. The van der Waals surface area contributed by atoms with E-state index >= 15 is 0 Å². The quantitative estimate of drug-likeness (QED) is 0.0694. The molecule has 104 heavy (non-hydrogen) atoms. The molecule has 0 saturated heterocycles. The summed E-state index contributed by atoms with van der Waals surface area (Å²) >= 11 is 0. The van der Waals surface area contributed by atoms with Crippen LogP contribution < -0.4 is 14.2 Å². The molecule has 0 aliphatic carbocycles. The van der Waals surface area contributed by atoms with Gasteiger partial charge in [-0.2, -0.15) is 0 Å². The number of carbonyl (C=O) groups is 3. The van der Waals surface area contributed by atoms with Crippen LogP contribution in [0.4, 0.5) is 0 Å². The van der Waals surface area contributed by atoms with Crippen molar-refractivity contribution in [2.75, 3.05) is 20.3 Å². The molecular formula is C87H94N8O9. The van der Waals surface area contributed by atoms with E-state index in [4.69, 9.17) is 38.4 Å². The zero-order valence-electron chi connectivity index (χ0n) is 61.4. The first-order valence-corrected chi connectivity index (χ1v) is 36.0. The lowest BCUT2D eigenvalue weighted by Crippen LogP contribution is -2.26. The summed E-state index contributed by atoms with van der Waals surface area (Å²) in [5, 5.41) is 17.8. The minimum atomic E-state index is -0.710. The number of methoxy groups -OCH3 is 1. The third-order valence-electron chi connectivity index (χ3n) is 18.2. The van der Waals surface area contributed by atoms with Gasteiger partial charge in [-0.1, -0.05) is 169 Å². The lowest BCUT2D eigenvalue weighted by molar-refractivity contribution is -0.151. The monoisotopic (exact) mass is 1390 g/mol. The Labute approximate surface area is 611 Å². The van der Waals surface area contributed by atoms with Crippen LogP contribution in [-0.4, -0.2) is 84.3 Å². The summed E-state index contributed by atoms with van der Waals surface area (Å²) in [5.41, 5.74) is 15.3. The molecule has 8 heterocycles. The number of aryl methyl sites for hydroxylation is 3. The van der Waals surface area contributed by atoms with Gasteiger partial charge in [-0.25, -0.2) is 28.7 Å². The van der Waals surface area contributed by atoms with Gasteiger partial charge in [0.1, 0.15) is 41.9 Å². The fraction of sp³-hybridized carbons (Fsp3) is 0.322. The van der Waals surface area contributed by atoms with Crippen LogP contribution in [0.2, 0.25) is 0 Å². The van der Waals surface area contributed by atoms with E-state index in [-0.39, 0.29) is 41.3 Å². The average molecular weight is 1400 g/mol. The smallest absolute Gasteiger partial charge is 0.338 e. The summed E-state index contributed by atoms with van der Waals surface area (Å²) in [5.74, 6) is 0.887. The lowest BCUT2D eigenvalue weighted by atomic mass is 9.79. The molecule has 1 unspecified atom stereocenters. The molecule has 0 N–H and O–H groups in total. The third-order valence-corrected chi connectivity index (χ3v) is 18.2. The van der Waals surface area contributed by atoms with Crippen molar-refractivity contribution < 1.29 is 42.8 Å². The molecule has 4 aliphatic rings. The number of pyridine rings is 2. The van der Waals surface area contributed by atoms with Gasteiger partial charge in [0.25, 0.3) is 0 Å². The first-order valence-electron chi connectivity index (χ1n) is 36.0. The second-order valence-corrected chi connectivity index (χ2v) is 28.8. The van der Waals surface area contributed by atoms with Crippen molar-refractivity contribution in [1.82, 2.24) is 40.0 Å². The maximum absolute atomic E-state index is 13.9. The van der Waals surface area contributed by atoms with E-state index in [0.717, 1.165) is 119 Å². The van der Waals surface area contributed by atoms with Crippen molar-refractivity contribution >= 4 is 17.9 Å². The normalized spacial score (nSPS) is 13.3. The Bertz CT molecular complexity index is 4640. The Morgan fingerprint density at radius 1 is 0.510 bits per heavy atom. The van der Waals surface area contributed by atoms with Crippen molar-refractivity contribution in [3.8, 4) is 68.1 Å². The van der Waals surface area contributed by atoms with Crippen LogP contribution in [0.1, 0.15) is 172 Å². The zero-order chi connectivity index (χ0) is 73.2. The third kappa shape index (κ3) is 20.6. The number of nitrogens with zero attached hydrogens (tertiary/aromatic N) is 8. The van der Waals surface area contributed by atoms with Gasteiger partial charge in [-0.3, -0.25) is 4.98 Å². The van der Waals surface area contributed by atoms with Crippen LogP contribution in [0, 0.1) is 6.92 Å². The fourth-order valence-corrected chi connectivity index (χ4v) is 12.2. The van der Waals surface area contributed by atoms with Crippen LogP contribution >= 0.6 is 0 Å². The van der Waals surface area contributed by atoms with Gasteiger partial charge < -0.3 is 28.4 Å². The highest BCUT2D eigenvalue weighted by Gasteiger charge is 2.27. The van der Waals surface area contributed by atoms with Crippen molar-refractivity contribution in [2.24, 2.45) is 0 Å². The van der Waals surface area contributed by atoms with E-state index < -0.39 is 23.9 Å². The predicted molar refractivity (Wildman–Crippen MR) is 406 cm³/mol. The second-order valence-electron chi connectivity index (χ2n) is 28.8. The van der Waals surface area contributed by atoms with Gasteiger partial charge in [0.05, 0.1) is 72.7 Å². The van der Waals surface area contributed by atoms with Gasteiger partial charge >= 0.3 is 17.9 Å². The standard InChI is InChI=1S/C54H58N6O7.C33H36N2O2/c1-34(2)67-52(63)49(23-36-14-12-11-13-15-36)60-31-48(56-58-60)46-21-18-38(22-35(46)3)33-66-51(62)41-24-40(50(61)65-32-37-16-19-45(64-10)20-17-37)27-44(28-41)59-30-47(55-57-59)39-25-42(53(4,5)6)29-43(26-39)54(7,8)9;1-2-4-6-25-37-30-22-18-27(19-23-30)31-13-9-15-33(35-31)32-14-8-12-28(34-32)11-7-10-26-16-20-29(21-17-26)36-24-5-3-1/h11-22,24-31,34,49H,23,32-33H2,1-10H3;8-9,12-23H,1-7,10-11,24-25H2. The molecule has 17 heteroatoms. The van der Waals surface area contributed by atoms with Crippen LogP contribution in [0.25, 0.3) is 50.8 Å². The van der Waals surface area contributed by atoms with Crippen LogP contribution in [-0.2, 0) is 62.3 Å². The number of ether oxygens (including phenoxy) is 6. The Kier molecular flexibility index (Phi) is 24.8. The maximum Gasteiger partial charge on any atom is 0.338 e. The first kappa shape index (κ1) is 74.1. The van der Waals surface area contributed by atoms with E-state index in [1.807, 2.05) is 106 Å². The topological polar surface area (TPSA) is 194 Å². The van der Waals surface area contributed by atoms with Crippen LogP contribution in [0.5, 0.6) is 17.2 Å². The van der Waals surface area contributed by atoms with E-state index in [1.54, 1.807) is 53.1 Å². The van der Waals surface area contributed by atoms with Gasteiger partial charge in [0, 0.05) is 28.8 Å². The second kappa shape index (κ2) is 34.7. The highest BCUT2D eigenvalue weighted by atomic mass is 16.5. The molecule has 0 spiro atoms. The fourth-order valence-electron chi connectivity index (χ4n) is 12.2. The number of hydrogen-bond donors (Lipinski definition) is 0. The van der Waals surface area contributed by atoms with Gasteiger partial charge in [-0.15, -0.1) is 10.2 Å². The number of esters is 3. The summed E-state index contributed by atoms with van der Waals surface area (Å²) in [6.07, 6.45) is 13.7. The Balaban J connectivity index is 0.000000246. The Hall–Kier alpha value is -11.1. The number of aromatic nitrogens is 8. The molecule has 536 valence electrons. The van der Waals surface area contributed by atoms with Crippen molar-refractivity contribution in [3.05, 3.63) is 262 Å². The Morgan fingerprint density at radius 3 is 1.72 bits per heavy atom. The maximum atomic E-state index is 13.9. The number of rotatable bonds is 15. The van der Waals surface area contributed by atoms with Gasteiger partial charge in [0.15, 0.2) is 6.04 Å². The summed E-state index contributed by atoms with van der Waals surface area (Å²) in [4.78, 5) is 50.7. The summed E-state index contributed by atoms with van der Waals surface area (Å²) in [6, 6.07) is 62.3. The molecule has 7 aromatic carbocycles.